The number of aromatic nitrogens is 2. The van der Waals surface area contributed by atoms with E-state index >= 15 is 0 Å². The molecule has 0 aliphatic carbocycles. The van der Waals surface area contributed by atoms with Crippen LogP contribution in [0.3, 0.4) is 0 Å². The lowest BCUT2D eigenvalue weighted by molar-refractivity contribution is -0.111. The van der Waals surface area contributed by atoms with Crippen molar-refractivity contribution >= 4 is 22.6 Å². The molecule has 0 bridgehead atoms. The first kappa shape index (κ1) is 13.8. The Morgan fingerprint density at radius 2 is 1.82 bits per heavy atom. The number of nitrogens with one attached hydrogen (secondary N) is 1. The van der Waals surface area contributed by atoms with Gasteiger partial charge in [0.25, 0.3) is 0 Å². The molecule has 0 radical (unpaired) electrons. The van der Waals surface area contributed by atoms with Crippen LogP contribution < -0.4 is 5.32 Å². The Balaban J connectivity index is 2.22. The molecule has 0 unspecified atom stereocenters. The van der Waals surface area contributed by atoms with Crippen molar-refractivity contribution in [3.8, 4) is 17.1 Å². The number of hydrogen-bond acceptors (Lipinski definition) is 4. The van der Waals surface area contributed by atoms with Crippen molar-refractivity contribution in [2.45, 2.75) is 0 Å². The van der Waals surface area contributed by atoms with Crippen molar-refractivity contribution in [3.63, 3.8) is 0 Å². The number of phenols is 1. The molecule has 5 nitrogen and oxygen atoms in total. The van der Waals surface area contributed by atoms with Gasteiger partial charge in [-0.2, -0.15) is 0 Å². The molecule has 0 spiro atoms. The molecule has 0 atom stereocenters. The first-order chi connectivity index (χ1) is 10.7. The minimum absolute atomic E-state index is 0.0822. The number of amides is 1. The normalized spacial score (nSPS) is 10.4. The molecule has 3 rings (SSSR count). The second-order valence-electron chi connectivity index (χ2n) is 4.62. The fourth-order valence-corrected chi connectivity index (χ4v) is 2.12. The molecule has 22 heavy (non-hydrogen) atoms. The van der Waals surface area contributed by atoms with Crippen molar-refractivity contribution in [3.05, 3.63) is 61.2 Å². The number of aromatic hydroxyl groups is 1. The summed E-state index contributed by atoms with van der Waals surface area (Å²) in [5, 5.41) is 13.4. The molecule has 0 fully saturated rings. The van der Waals surface area contributed by atoms with E-state index in [4.69, 9.17) is 0 Å². The van der Waals surface area contributed by atoms with Gasteiger partial charge in [0.15, 0.2) is 5.82 Å². The van der Waals surface area contributed by atoms with E-state index in [9.17, 15) is 9.90 Å². The van der Waals surface area contributed by atoms with Crippen LogP contribution in [0, 0.1) is 0 Å². The van der Waals surface area contributed by atoms with Crippen LogP contribution in [-0.2, 0) is 4.79 Å². The van der Waals surface area contributed by atoms with Crippen molar-refractivity contribution in [1.82, 2.24) is 9.97 Å². The molecule has 0 aliphatic heterocycles. The molecular formula is C17H13N3O2. The van der Waals surface area contributed by atoms with Gasteiger partial charge < -0.3 is 10.4 Å². The molecule has 108 valence electrons. The average Bonchev–Trinajstić information content (AvgIpc) is 2.55. The maximum atomic E-state index is 11.6. The maximum Gasteiger partial charge on any atom is 0.248 e. The Labute approximate surface area is 127 Å². The zero-order chi connectivity index (χ0) is 15.5. The zero-order valence-electron chi connectivity index (χ0n) is 11.7. The molecule has 1 amide bonds. The summed E-state index contributed by atoms with van der Waals surface area (Å²) in [6.45, 7) is 3.44. The highest BCUT2D eigenvalue weighted by molar-refractivity contribution is 6.04. The Morgan fingerprint density at radius 3 is 2.59 bits per heavy atom. The zero-order valence-corrected chi connectivity index (χ0v) is 11.7. The first-order valence-electron chi connectivity index (χ1n) is 6.67. The number of phenolic OH excluding ortho intramolecular Hbond substituents is 1. The van der Waals surface area contributed by atoms with Gasteiger partial charge in [-0.3, -0.25) is 4.79 Å². The quantitative estimate of drug-likeness (QED) is 0.727. The summed E-state index contributed by atoms with van der Waals surface area (Å²) >= 11 is 0. The molecule has 5 heteroatoms. The van der Waals surface area contributed by atoms with Gasteiger partial charge in [-0.1, -0.05) is 30.8 Å². The van der Waals surface area contributed by atoms with Gasteiger partial charge in [-0.15, -0.1) is 0 Å². The van der Waals surface area contributed by atoms with Crippen LogP contribution in [0.4, 0.5) is 5.82 Å². The van der Waals surface area contributed by atoms with E-state index in [1.54, 1.807) is 24.3 Å². The van der Waals surface area contributed by atoms with Crippen LogP contribution in [0.2, 0.25) is 0 Å². The third kappa shape index (κ3) is 2.52. The predicted molar refractivity (Wildman–Crippen MR) is 85.5 cm³/mol. The summed E-state index contributed by atoms with van der Waals surface area (Å²) in [4.78, 5) is 20.4. The summed E-state index contributed by atoms with van der Waals surface area (Å²) in [6, 6.07) is 14.1. The number of rotatable bonds is 3. The third-order valence-corrected chi connectivity index (χ3v) is 3.18. The van der Waals surface area contributed by atoms with Gasteiger partial charge in [-0.25, -0.2) is 9.97 Å². The largest absolute Gasteiger partial charge is 0.507 e. The molecule has 0 saturated carbocycles. The van der Waals surface area contributed by atoms with Gasteiger partial charge in [0.1, 0.15) is 11.6 Å². The van der Waals surface area contributed by atoms with E-state index < -0.39 is 0 Å². The fraction of sp³-hybridized carbons (Fsp3) is 0. The highest BCUT2D eigenvalue weighted by atomic mass is 16.3. The van der Waals surface area contributed by atoms with Gasteiger partial charge in [0, 0.05) is 5.39 Å². The van der Waals surface area contributed by atoms with Crippen LogP contribution in [0.5, 0.6) is 5.75 Å². The maximum absolute atomic E-state index is 11.6. The second kappa shape index (κ2) is 5.65. The number of anilines is 1. The molecule has 1 heterocycles. The van der Waals surface area contributed by atoms with Gasteiger partial charge in [0.05, 0.1) is 11.1 Å². The molecule has 3 aromatic rings. The molecular weight excluding hydrogens is 278 g/mol. The summed E-state index contributed by atoms with van der Waals surface area (Å²) in [5.74, 6) is 0.454. The lowest BCUT2D eigenvalue weighted by Crippen LogP contribution is -2.10. The van der Waals surface area contributed by atoms with Gasteiger partial charge >= 0.3 is 0 Å². The number of benzene rings is 2. The third-order valence-electron chi connectivity index (χ3n) is 3.18. The summed E-state index contributed by atoms with van der Waals surface area (Å²) in [6.07, 6.45) is 1.18. The van der Waals surface area contributed by atoms with Gasteiger partial charge in [0.2, 0.25) is 5.91 Å². The molecule has 0 aliphatic rings. The summed E-state index contributed by atoms with van der Waals surface area (Å²) in [7, 11) is 0. The lowest BCUT2D eigenvalue weighted by Gasteiger charge is -2.09. The van der Waals surface area contributed by atoms with Crippen LogP contribution in [0.1, 0.15) is 0 Å². The van der Waals surface area contributed by atoms with Crippen molar-refractivity contribution in [2.24, 2.45) is 0 Å². The fourth-order valence-electron chi connectivity index (χ4n) is 2.12. The lowest BCUT2D eigenvalue weighted by atomic mass is 10.1. The van der Waals surface area contributed by atoms with E-state index in [0.717, 1.165) is 5.39 Å². The molecule has 0 saturated heterocycles. The predicted octanol–water partition coefficient (Wildman–Crippen LogP) is 3.13. The van der Waals surface area contributed by atoms with E-state index in [2.05, 4.69) is 21.9 Å². The van der Waals surface area contributed by atoms with E-state index in [1.807, 2.05) is 24.3 Å². The van der Waals surface area contributed by atoms with E-state index in [-0.39, 0.29) is 11.7 Å². The van der Waals surface area contributed by atoms with Gasteiger partial charge in [-0.05, 0) is 30.3 Å². The second-order valence-corrected chi connectivity index (χ2v) is 4.62. The molecule has 2 aromatic carbocycles. The van der Waals surface area contributed by atoms with Crippen molar-refractivity contribution in [1.29, 1.82) is 0 Å². The smallest absolute Gasteiger partial charge is 0.248 e. The molecule has 2 N–H and O–H groups in total. The molecule has 1 aromatic heterocycles. The highest BCUT2D eigenvalue weighted by Crippen LogP contribution is 2.29. The summed E-state index contributed by atoms with van der Waals surface area (Å²) in [5.41, 5.74) is 1.18. The monoisotopic (exact) mass is 291 g/mol. The first-order valence-corrected chi connectivity index (χ1v) is 6.67. The van der Waals surface area contributed by atoms with Crippen LogP contribution in [0.25, 0.3) is 22.3 Å². The number of carbonyl (C=O) groups is 1. The number of nitrogens with zero attached hydrogens (tertiary/aromatic N) is 2. The Kier molecular flexibility index (Phi) is 3.53. The van der Waals surface area contributed by atoms with Crippen LogP contribution in [-0.4, -0.2) is 21.0 Å². The van der Waals surface area contributed by atoms with Crippen LogP contribution >= 0.6 is 0 Å². The standard InChI is InChI=1S/C17H13N3O2/c1-2-15(22)19-16-11-7-3-5-9-13(11)18-17(20-16)12-8-4-6-10-14(12)21/h2-10,21H,1H2,(H,18,19,20,22). The number of carbonyl (C=O) groups excluding carboxylic acids is 1. The van der Waals surface area contributed by atoms with Crippen LogP contribution in [0.15, 0.2) is 61.2 Å². The topological polar surface area (TPSA) is 75.1 Å². The van der Waals surface area contributed by atoms with E-state index in [0.29, 0.717) is 22.7 Å². The number of fused-ring (bicyclic) bond motifs is 1. The Morgan fingerprint density at radius 1 is 1.09 bits per heavy atom. The minimum Gasteiger partial charge on any atom is -0.507 e. The Hall–Kier alpha value is -3.21. The SMILES string of the molecule is C=CC(=O)Nc1nc(-c2ccccc2O)nc2ccccc12. The minimum atomic E-state index is -0.355. The van der Waals surface area contributed by atoms with Crippen molar-refractivity contribution < 1.29 is 9.90 Å². The number of hydrogen-bond donors (Lipinski definition) is 2. The Bertz CT molecular complexity index is 875. The van der Waals surface area contributed by atoms with E-state index in [1.165, 1.54) is 6.08 Å². The average molecular weight is 291 g/mol. The highest BCUT2D eigenvalue weighted by Gasteiger charge is 2.12. The number of para-hydroxylation sites is 2. The summed E-state index contributed by atoms with van der Waals surface area (Å²) < 4.78 is 0. The van der Waals surface area contributed by atoms with Crippen molar-refractivity contribution in [2.75, 3.05) is 5.32 Å².